The number of aromatic nitrogens is 2. The van der Waals surface area contributed by atoms with Gasteiger partial charge in [0.25, 0.3) is 0 Å². The molecule has 3 heterocycles. The average molecular weight is 469 g/mol. The molecule has 0 amide bonds. The van der Waals surface area contributed by atoms with E-state index in [4.69, 9.17) is 19.1 Å². The third kappa shape index (κ3) is 5.78. The molecular formula is C29H32N4O2. The molecule has 2 aromatic carbocycles. The zero-order valence-electron chi connectivity index (χ0n) is 20.4. The third-order valence-corrected chi connectivity index (χ3v) is 6.42. The molecule has 6 heteroatoms. The van der Waals surface area contributed by atoms with E-state index < -0.39 is 0 Å². The molecule has 6 nitrogen and oxygen atoms in total. The lowest BCUT2D eigenvalue weighted by Crippen LogP contribution is -2.30. The lowest BCUT2D eigenvalue weighted by Gasteiger charge is -2.22. The Bertz CT molecular complexity index is 1210. The molecule has 1 saturated heterocycles. The first-order valence-electron chi connectivity index (χ1n) is 12.2. The summed E-state index contributed by atoms with van der Waals surface area (Å²) in [5, 5.41) is 3.41. The molecule has 0 unspecified atom stereocenters. The molecule has 2 aromatic heterocycles. The van der Waals surface area contributed by atoms with Crippen molar-refractivity contribution in [3.8, 4) is 39.5 Å². The lowest BCUT2D eigenvalue weighted by atomic mass is 9.99. The summed E-state index contributed by atoms with van der Waals surface area (Å²) in [6, 6.07) is 18.9. The summed E-state index contributed by atoms with van der Waals surface area (Å²) >= 11 is 0. The van der Waals surface area contributed by atoms with Crippen LogP contribution in [0, 0.1) is 5.92 Å². The van der Waals surface area contributed by atoms with Crippen molar-refractivity contribution in [1.29, 1.82) is 0 Å². The van der Waals surface area contributed by atoms with Crippen LogP contribution in [0.5, 0.6) is 5.88 Å². The molecule has 4 aromatic rings. The van der Waals surface area contributed by atoms with Crippen LogP contribution >= 0.6 is 0 Å². The summed E-state index contributed by atoms with van der Waals surface area (Å²) in [6.45, 7) is 3.68. The first-order chi connectivity index (χ1) is 17.2. The zero-order valence-corrected chi connectivity index (χ0v) is 20.4. The first kappa shape index (κ1) is 23.3. The standard InChI is InChI=1S/C29H32N4O2/c1-33(2)18-21-3-5-25(6-4-21)29-28(24-9-7-23(8-10-24)26-13-16-34-20-26)31-17-27(32-29)35-19-22-11-14-30-15-12-22/h3-10,13,16-17,20,22,30H,11-12,14-15,18-19H2,1-2H3. The van der Waals surface area contributed by atoms with E-state index in [1.54, 1.807) is 18.7 Å². The van der Waals surface area contributed by atoms with Gasteiger partial charge in [-0.25, -0.2) is 9.97 Å². The third-order valence-electron chi connectivity index (χ3n) is 6.42. The molecule has 1 aliphatic rings. The Kier molecular flexibility index (Phi) is 7.21. The second-order valence-corrected chi connectivity index (χ2v) is 9.43. The molecule has 35 heavy (non-hydrogen) atoms. The maximum absolute atomic E-state index is 6.12. The number of hydrogen-bond donors (Lipinski definition) is 1. The number of ether oxygens (including phenoxy) is 1. The van der Waals surface area contributed by atoms with Gasteiger partial charge in [0.1, 0.15) is 5.69 Å². The Labute approximate surface area is 207 Å². The summed E-state index contributed by atoms with van der Waals surface area (Å²) in [4.78, 5) is 11.9. The van der Waals surface area contributed by atoms with E-state index in [9.17, 15) is 0 Å². The molecule has 0 saturated carbocycles. The molecule has 0 spiro atoms. The van der Waals surface area contributed by atoms with Crippen molar-refractivity contribution in [2.24, 2.45) is 5.92 Å². The van der Waals surface area contributed by atoms with Crippen molar-refractivity contribution >= 4 is 0 Å². The summed E-state index contributed by atoms with van der Waals surface area (Å²) in [5.74, 6) is 1.14. The van der Waals surface area contributed by atoms with Gasteiger partial charge in [-0.05, 0) is 63.1 Å². The Morgan fingerprint density at radius 2 is 1.57 bits per heavy atom. The van der Waals surface area contributed by atoms with E-state index in [1.807, 2.05) is 6.07 Å². The summed E-state index contributed by atoms with van der Waals surface area (Å²) in [5.41, 5.74) is 7.14. The highest BCUT2D eigenvalue weighted by Crippen LogP contribution is 2.32. The van der Waals surface area contributed by atoms with Gasteiger partial charge in [0, 0.05) is 23.2 Å². The minimum Gasteiger partial charge on any atom is -0.476 e. The summed E-state index contributed by atoms with van der Waals surface area (Å²) in [6.07, 6.45) is 7.47. The molecule has 1 aliphatic heterocycles. The quantitative estimate of drug-likeness (QED) is 0.368. The SMILES string of the molecule is CN(C)Cc1ccc(-c2nc(OCC3CCNCC3)cnc2-c2ccc(-c3ccoc3)cc2)cc1. The van der Waals surface area contributed by atoms with Crippen molar-refractivity contribution in [3.63, 3.8) is 0 Å². The van der Waals surface area contributed by atoms with Crippen LogP contribution in [-0.2, 0) is 6.54 Å². The molecule has 0 aliphatic carbocycles. The lowest BCUT2D eigenvalue weighted by molar-refractivity contribution is 0.208. The minimum atomic E-state index is 0.557. The van der Waals surface area contributed by atoms with E-state index in [0.29, 0.717) is 18.4 Å². The van der Waals surface area contributed by atoms with E-state index >= 15 is 0 Å². The number of rotatable bonds is 8. The fraction of sp³-hybridized carbons (Fsp3) is 0.310. The molecular weight excluding hydrogens is 436 g/mol. The van der Waals surface area contributed by atoms with Gasteiger partial charge in [-0.15, -0.1) is 0 Å². The van der Waals surface area contributed by atoms with Crippen LogP contribution in [0.2, 0.25) is 0 Å². The smallest absolute Gasteiger partial charge is 0.232 e. The van der Waals surface area contributed by atoms with Crippen molar-refractivity contribution in [2.75, 3.05) is 33.8 Å². The van der Waals surface area contributed by atoms with Crippen LogP contribution in [0.1, 0.15) is 18.4 Å². The minimum absolute atomic E-state index is 0.557. The molecule has 180 valence electrons. The van der Waals surface area contributed by atoms with Gasteiger partial charge in [0.05, 0.1) is 31.0 Å². The molecule has 0 bridgehead atoms. The molecule has 0 atom stereocenters. The monoisotopic (exact) mass is 468 g/mol. The second kappa shape index (κ2) is 10.8. The summed E-state index contributed by atoms with van der Waals surface area (Å²) in [7, 11) is 4.15. The van der Waals surface area contributed by atoms with Gasteiger partial charge < -0.3 is 19.4 Å². The van der Waals surface area contributed by atoms with Gasteiger partial charge in [0.2, 0.25) is 5.88 Å². The van der Waals surface area contributed by atoms with E-state index in [-0.39, 0.29) is 0 Å². The number of nitrogens with one attached hydrogen (secondary N) is 1. The van der Waals surface area contributed by atoms with Gasteiger partial charge in [-0.1, -0.05) is 48.5 Å². The highest BCUT2D eigenvalue weighted by atomic mass is 16.5. The Morgan fingerprint density at radius 3 is 2.26 bits per heavy atom. The summed E-state index contributed by atoms with van der Waals surface area (Å²) < 4.78 is 11.4. The van der Waals surface area contributed by atoms with Gasteiger partial charge in [-0.3, -0.25) is 0 Å². The van der Waals surface area contributed by atoms with E-state index in [2.05, 4.69) is 72.8 Å². The predicted octanol–water partition coefficient (Wildman–Crippen LogP) is 5.51. The van der Waals surface area contributed by atoms with Crippen molar-refractivity contribution in [3.05, 3.63) is 78.9 Å². The van der Waals surface area contributed by atoms with Crippen LogP contribution in [0.15, 0.2) is 77.7 Å². The Morgan fingerprint density at radius 1 is 0.886 bits per heavy atom. The fourth-order valence-corrected chi connectivity index (χ4v) is 4.49. The molecule has 0 radical (unpaired) electrons. The Hall–Kier alpha value is -3.48. The maximum Gasteiger partial charge on any atom is 0.232 e. The average Bonchev–Trinajstić information content (AvgIpc) is 3.43. The number of benzene rings is 2. The number of nitrogens with zero attached hydrogens (tertiary/aromatic N) is 3. The van der Waals surface area contributed by atoms with Crippen molar-refractivity contribution in [2.45, 2.75) is 19.4 Å². The number of furan rings is 1. The van der Waals surface area contributed by atoms with Crippen LogP contribution in [-0.4, -0.2) is 48.7 Å². The zero-order chi connectivity index (χ0) is 24.0. The normalized spacial score (nSPS) is 14.4. The van der Waals surface area contributed by atoms with Gasteiger partial charge >= 0.3 is 0 Å². The fourth-order valence-electron chi connectivity index (χ4n) is 4.49. The molecule has 1 N–H and O–H groups in total. The Balaban J connectivity index is 1.45. The largest absolute Gasteiger partial charge is 0.476 e. The van der Waals surface area contributed by atoms with Crippen molar-refractivity contribution in [1.82, 2.24) is 20.2 Å². The highest BCUT2D eigenvalue weighted by Gasteiger charge is 2.17. The van der Waals surface area contributed by atoms with Gasteiger partial charge in [0.15, 0.2) is 0 Å². The van der Waals surface area contributed by atoms with E-state index in [0.717, 1.165) is 66.1 Å². The maximum atomic E-state index is 6.12. The predicted molar refractivity (Wildman–Crippen MR) is 139 cm³/mol. The number of piperidine rings is 1. The van der Waals surface area contributed by atoms with Crippen LogP contribution < -0.4 is 10.1 Å². The van der Waals surface area contributed by atoms with Crippen molar-refractivity contribution < 1.29 is 9.15 Å². The van der Waals surface area contributed by atoms with Crippen LogP contribution in [0.25, 0.3) is 33.6 Å². The molecule has 5 rings (SSSR count). The van der Waals surface area contributed by atoms with E-state index in [1.165, 1.54) is 5.56 Å². The number of hydrogen-bond acceptors (Lipinski definition) is 6. The first-order valence-corrected chi connectivity index (χ1v) is 12.2. The molecule has 1 fully saturated rings. The van der Waals surface area contributed by atoms with Crippen LogP contribution in [0.3, 0.4) is 0 Å². The second-order valence-electron chi connectivity index (χ2n) is 9.43. The topological polar surface area (TPSA) is 63.4 Å². The van der Waals surface area contributed by atoms with Crippen LogP contribution in [0.4, 0.5) is 0 Å². The highest BCUT2D eigenvalue weighted by molar-refractivity contribution is 5.79. The van der Waals surface area contributed by atoms with Gasteiger partial charge in [-0.2, -0.15) is 0 Å².